The average molecular weight is 290 g/mol. The number of nitrogens with one attached hydrogen (secondary N) is 1. The Morgan fingerprint density at radius 2 is 2.11 bits per heavy atom. The Morgan fingerprint density at radius 3 is 2.72 bits per heavy atom. The number of rotatable bonds is 7. The van der Waals surface area contributed by atoms with Gasteiger partial charge in [-0.2, -0.15) is 0 Å². The molecule has 1 unspecified atom stereocenters. The fourth-order valence-electron chi connectivity index (χ4n) is 1.81. The molecular weight excluding hydrogens is 270 g/mol. The van der Waals surface area contributed by atoms with E-state index >= 15 is 0 Å². The fourth-order valence-corrected chi connectivity index (χ4v) is 3.44. The van der Waals surface area contributed by atoms with Gasteiger partial charge in [-0.1, -0.05) is 24.6 Å². The van der Waals surface area contributed by atoms with E-state index in [1.807, 2.05) is 6.92 Å². The predicted molar refractivity (Wildman–Crippen MR) is 75.9 cm³/mol. The van der Waals surface area contributed by atoms with Gasteiger partial charge in [-0.15, -0.1) is 0 Å². The van der Waals surface area contributed by atoms with Gasteiger partial charge in [-0.3, -0.25) is 0 Å². The van der Waals surface area contributed by atoms with Gasteiger partial charge in [0.1, 0.15) is 0 Å². The van der Waals surface area contributed by atoms with Gasteiger partial charge in [0.2, 0.25) is 0 Å². The third kappa shape index (κ3) is 4.96. The first kappa shape index (κ1) is 15.5. The van der Waals surface area contributed by atoms with Crippen molar-refractivity contribution in [1.82, 2.24) is 5.32 Å². The van der Waals surface area contributed by atoms with Gasteiger partial charge in [0, 0.05) is 11.1 Å². The molecular formula is C13H20ClNO2S. The maximum atomic E-state index is 12.0. The molecule has 1 atom stereocenters. The molecule has 0 fully saturated rings. The predicted octanol–water partition coefficient (Wildman–Crippen LogP) is 2.89. The first-order valence-electron chi connectivity index (χ1n) is 6.17. The van der Waals surface area contributed by atoms with Crippen molar-refractivity contribution in [2.24, 2.45) is 0 Å². The van der Waals surface area contributed by atoms with Gasteiger partial charge in [0.05, 0.1) is 10.6 Å². The summed E-state index contributed by atoms with van der Waals surface area (Å²) >= 11 is 5.80. The Bertz CT molecular complexity index is 474. The molecule has 3 nitrogen and oxygen atoms in total. The number of hydrogen-bond donors (Lipinski definition) is 1. The van der Waals surface area contributed by atoms with Crippen molar-refractivity contribution in [3.05, 3.63) is 29.3 Å². The molecule has 0 spiro atoms. The Morgan fingerprint density at radius 1 is 1.39 bits per heavy atom. The van der Waals surface area contributed by atoms with Gasteiger partial charge in [-0.05, 0) is 44.5 Å². The highest BCUT2D eigenvalue weighted by Crippen LogP contribution is 2.17. The molecule has 1 rings (SSSR count). The van der Waals surface area contributed by atoms with E-state index < -0.39 is 9.84 Å². The van der Waals surface area contributed by atoms with E-state index in [0.717, 1.165) is 13.0 Å². The minimum absolute atomic E-state index is 0.170. The van der Waals surface area contributed by atoms with Crippen LogP contribution in [0.1, 0.15) is 26.7 Å². The van der Waals surface area contributed by atoms with Gasteiger partial charge < -0.3 is 5.32 Å². The van der Waals surface area contributed by atoms with Crippen molar-refractivity contribution in [1.29, 1.82) is 0 Å². The van der Waals surface area contributed by atoms with Crippen LogP contribution in [-0.4, -0.2) is 26.8 Å². The summed E-state index contributed by atoms with van der Waals surface area (Å²) in [5, 5.41) is 3.72. The number of benzene rings is 1. The summed E-state index contributed by atoms with van der Waals surface area (Å²) in [5.41, 5.74) is 0. The second kappa shape index (κ2) is 7.12. The smallest absolute Gasteiger partial charge is 0.178 e. The zero-order chi connectivity index (χ0) is 13.6. The lowest BCUT2D eigenvalue weighted by Crippen LogP contribution is -2.26. The molecule has 0 aliphatic carbocycles. The van der Waals surface area contributed by atoms with E-state index in [4.69, 9.17) is 11.6 Å². The summed E-state index contributed by atoms with van der Waals surface area (Å²) < 4.78 is 24.1. The van der Waals surface area contributed by atoms with Crippen molar-refractivity contribution >= 4 is 21.4 Å². The second-order valence-electron chi connectivity index (χ2n) is 4.38. The lowest BCUT2D eigenvalue weighted by Gasteiger charge is -2.11. The maximum absolute atomic E-state index is 12.0. The van der Waals surface area contributed by atoms with Crippen LogP contribution in [0.15, 0.2) is 29.2 Å². The summed E-state index contributed by atoms with van der Waals surface area (Å²) in [7, 11) is -3.21. The Kier molecular flexibility index (Phi) is 6.12. The molecule has 102 valence electrons. The van der Waals surface area contributed by atoms with Crippen LogP contribution in [0.5, 0.6) is 0 Å². The minimum atomic E-state index is -3.21. The first-order chi connectivity index (χ1) is 8.45. The lowest BCUT2D eigenvalue weighted by molar-refractivity contribution is 0.521. The molecule has 0 aromatic heterocycles. The van der Waals surface area contributed by atoms with E-state index in [0.29, 0.717) is 22.4 Å². The topological polar surface area (TPSA) is 46.2 Å². The van der Waals surface area contributed by atoms with Crippen LogP contribution in [0.4, 0.5) is 0 Å². The van der Waals surface area contributed by atoms with Crippen molar-refractivity contribution in [2.75, 3.05) is 12.3 Å². The monoisotopic (exact) mass is 289 g/mol. The van der Waals surface area contributed by atoms with E-state index in [9.17, 15) is 8.42 Å². The molecule has 1 N–H and O–H groups in total. The summed E-state index contributed by atoms with van der Waals surface area (Å²) in [4.78, 5) is 0.311. The second-order valence-corrected chi connectivity index (χ2v) is 6.92. The van der Waals surface area contributed by atoms with E-state index in [1.54, 1.807) is 18.2 Å². The summed E-state index contributed by atoms with van der Waals surface area (Å²) in [6.07, 6.45) is 1.51. The third-order valence-electron chi connectivity index (χ3n) is 2.76. The fraction of sp³-hybridized carbons (Fsp3) is 0.538. The van der Waals surface area contributed by atoms with Crippen LogP contribution >= 0.6 is 11.6 Å². The van der Waals surface area contributed by atoms with Crippen molar-refractivity contribution in [3.8, 4) is 0 Å². The zero-order valence-corrected chi connectivity index (χ0v) is 12.4. The molecule has 1 aromatic carbocycles. The highest BCUT2D eigenvalue weighted by molar-refractivity contribution is 7.91. The molecule has 1 aromatic rings. The quantitative estimate of drug-likeness (QED) is 0.839. The highest BCUT2D eigenvalue weighted by Gasteiger charge is 2.14. The van der Waals surface area contributed by atoms with E-state index in [-0.39, 0.29) is 5.75 Å². The molecule has 0 amide bonds. The summed E-state index contributed by atoms with van der Waals surface area (Å²) in [6, 6.07) is 6.79. The van der Waals surface area contributed by atoms with Gasteiger partial charge in [0.15, 0.2) is 9.84 Å². The minimum Gasteiger partial charge on any atom is -0.315 e. The zero-order valence-electron chi connectivity index (χ0n) is 10.8. The third-order valence-corrected chi connectivity index (χ3v) is 4.79. The average Bonchev–Trinajstić information content (AvgIpc) is 2.29. The molecule has 0 saturated carbocycles. The lowest BCUT2D eigenvalue weighted by atomic mass is 10.2. The normalized spacial score (nSPS) is 13.5. The molecule has 0 bridgehead atoms. The standard InChI is InChI=1S/C13H20ClNO2S/c1-3-15-11(2)6-5-9-18(16,17)13-8-4-7-12(14)10-13/h4,7-8,10-11,15H,3,5-6,9H2,1-2H3. The van der Waals surface area contributed by atoms with Crippen LogP contribution in [-0.2, 0) is 9.84 Å². The van der Waals surface area contributed by atoms with Crippen LogP contribution < -0.4 is 5.32 Å². The van der Waals surface area contributed by atoms with Crippen molar-refractivity contribution in [3.63, 3.8) is 0 Å². The molecule has 0 aliphatic heterocycles. The molecule has 0 radical (unpaired) electrons. The molecule has 18 heavy (non-hydrogen) atoms. The SMILES string of the molecule is CCNC(C)CCCS(=O)(=O)c1cccc(Cl)c1. The molecule has 0 heterocycles. The number of sulfone groups is 1. The largest absolute Gasteiger partial charge is 0.315 e. The van der Waals surface area contributed by atoms with Crippen molar-refractivity contribution in [2.45, 2.75) is 37.6 Å². The molecule has 0 saturated heterocycles. The van der Waals surface area contributed by atoms with Crippen LogP contribution in [0.25, 0.3) is 0 Å². The summed E-state index contributed by atoms with van der Waals surface area (Å²) in [6.45, 7) is 5.01. The molecule has 5 heteroatoms. The van der Waals surface area contributed by atoms with Gasteiger partial charge in [-0.25, -0.2) is 8.42 Å². The maximum Gasteiger partial charge on any atom is 0.178 e. The van der Waals surface area contributed by atoms with Gasteiger partial charge in [0.25, 0.3) is 0 Å². The van der Waals surface area contributed by atoms with Crippen LogP contribution in [0, 0.1) is 0 Å². The molecule has 0 aliphatic rings. The number of hydrogen-bond acceptors (Lipinski definition) is 3. The highest BCUT2D eigenvalue weighted by atomic mass is 35.5. The van der Waals surface area contributed by atoms with E-state index in [1.165, 1.54) is 6.07 Å². The Labute approximate surface area is 114 Å². The summed E-state index contributed by atoms with van der Waals surface area (Å²) in [5.74, 6) is 0.170. The van der Waals surface area contributed by atoms with Crippen molar-refractivity contribution < 1.29 is 8.42 Å². The Balaban J connectivity index is 2.55. The Hall–Kier alpha value is -0.580. The van der Waals surface area contributed by atoms with Gasteiger partial charge >= 0.3 is 0 Å². The first-order valence-corrected chi connectivity index (χ1v) is 8.20. The van der Waals surface area contributed by atoms with Crippen LogP contribution in [0.3, 0.4) is 0 Å². The van der Waals surface area contributed by atoms with Crippen LogP contribution in [0.2, 0.25) is 5.02 Å². The number of halogens is 1. The van der Waals surface area contributed by atoms with E-state index in [2.05, 4.69) is 12.2 Å².